The summed E-state index contributed by atoms with van der Waals surface area (Å²) in [4.78, 5) is 28.9. The quantitative estimate of drug-likeness (QED) is 0.0719. The molecule has 0 aliphatic heterocycles. The molecule has 0 heterocycles. The molecule has 2 atom stereocenters. The van der Waals surface area contributed by atoms with Crippen molar-refractivity contribution in [1.29, 1.82) is 0 Å². The Hall–Kier alpha value is -2.44. The maximum atomic E-state index is 11.2. The fraction of sp³-hybridized carbons (Fsp3) is 0.647. The molecule has 0 aliphatic rings. The van der Waals surface area contributed by atoms with Gasteiger partial charge in [0.1, 0.15) is 6.29 Å². The van der Waals surface area contributed by atoms with Crippen molar-refractivity contribution in [2.24, 2.45) is 11.8 Å². The molecule has 0 saturated heterocycles. The number of carbonyl (C=O) groups excluding carboxylic acids is 2. The fourth-order valence-electron chi connectivity index (χ4n) is 3.46. The van der Waals surface area contributed by atoms with E-state index < -0.39 is 0 Å². The van der Waals surface area contributed by atoms with E-state index in [1.807, 2.05) is 25.3 Å². The Morgan fingerprint density at radius 1 is 1.00 bits per heavy atom. The molecule has 6 nitrogen and oxygen atoms in total. The van der Waals surface area contributed by atoms with E-state index in [1.165, 1.54) is 17.6 Å². The zero-order valence-electron chi connectivity index (χ0n) is 27.5. The fourth-order valence-corrected chi connectivity index (χ4v) is 3.46. The molecule has 1 amide bonds. The van der Waals surface area contributed by atoms with E-state index in [0.717, 1.165) is 70.2 Å². The highest BCUT2D eigenvalue weighted by atomic mass is 17.1. The van der Waals surface area contributed by atoms with Crippen molar-refractivity contribution in [3.8, 4) is 5.75 Å². The number of benzene rings is 1. The van der Waals surface area contributed by atoms with Crippen LogP contribution in [0.15, 0.2) is 48.6 Å². The number of nitrogens with zero attached hydrogens (tertiary/aromatic N) is 2. The van der Waals surface area contributed by atoms with Crippen molar-refractivity contribution in [3.63, 3.8) is 0 Å². The Morgan fingerprint density at radius 3 is 1.93 bits per heavy atom. The standard InChI is InChI=1S/C19H30N2O3.C6H12.C5H10O.C4H10/c1-5-16(2)13-20(3)14-18(21(4)15-22)8-6-7-17-9-11-19(24-23)12-10-17;1-4-5-6(2)3;1-2-3-4-5-6;1-4(2)3/h5,9-12,15-16,18,23H,1,6-8,13-14H2,2-4H3;5H,4H2,1-3H3;5H,2-4H2,1H3;4H,1-3H3. The number of aryl methyl sites for hydroxylation is 1. The Labute approximate surface area is 247 Å². The van der Waals surface area contributed by atoms with Crippen LogP contribution in [0.1, 0.15) is 99.5 Å². The van der Waals surface area contributed by atoms with Gasteiger partial charge in [-0.3, -0.25) is 4.79 Å². The highest BCUT2D eigenvalue weighted by Crippen LogP contribution is 2.15. The molecule has 0 radical (unpaired) electrons. The topological polar surface area (TPSA) is 70.1 Å². The summed E-state index contributed by atoms with van der Waals surface area (Å²) in [5.41, 5.74) is 2.61. The minimum atomic E-state index is 0.199. The minimum absolute atomic E-state index is 0.199. The van der Waals surface area contributed by atoms with E-state index >= 15 is 0 Å². The first kappa shape index (κ1) is 42.0. The maximum absolute atomic E-state index is 11.2. The summed E-state index contributed by atoms with van der Waals surface area (Å²) in [7, 11) is 3.93. The lowest BCUT2D eigenvalue weighted by molar-refractivity contribution is -0.137. The average molecular weight is 563 g/mol. The van der Waals surface area contributed by atoms with Gasteiger partial charge in [-0.05, 0) is 82.5 Å². The van der Waals surface area contributed by atoms with Crippen molar-refractivity contribution in [2.75, 3.05) is 27.2 Å². The third kappa shape index (κ3) is 30.1. The van der Waals surface area contributed by atoms with Gasteiger partial charge in [-0.15, -0.1) is 6.58 Å². The molecule has 6 heteroatoms. The van der Waals surface area contributed by atoms with E-state index in [-0.39, 0.29) is 6.04 Å². The molecule has 0 saturated carbocycles. The van der Waals surface area contributed by atoms with Crippen LogP contribution in [0.5, 0.6) is 5.75 Å². The van der Waals surface area contributed by atoms with Crippen LogP contribution in [0.3, 0.4) is 0 Å². The van der Waals surface area contributed by atoms with Crippen LogP contribution >= 0.6 is 0 Å². The average Bonchev–Trinajstić information content (AvgIpc) is 2.91. The predicted octanol–water partition coefficient (Wildman–Crippen LogP) is 8.47. The number of allylic oxidation sites excluding steroid dienone is 2. The van der Waals surface area contributed by atoms with Gasteiger partial charge in [-0.1, -0.05) is 77.8 Å². The lowest BCUT2D eigenvalue weighted by atomic mass is 10.0. The van der Waals surface area contributed by atoms with Crippen LogP contribution in [0.2, 0.25) is 0 Å². The largest absolute Gasteiger partial charge is 0.344 e. The lowest BCUT2D eigenvalue weighted by Gasteiger charge is -2.30. The third-order valence-corrected chi connectivity index (χ3v) is 5.59. The normalized spacial score (nSPS) is 11.3. The second kappa shape index (κ2) is 29.5. The van der Waals surface area contributed by atoms with Gasteiger partial charge in [-0.2, -0.15) is 0 Å². The van der Waals surface area contributed by atoms with Crippen LogP contribution in [0.4, 0.5) is 0 Å². The first-order valence-corrected chi connectivity index (χ1v) is 14.9. The van der Waals surface area contributed by atoms with Gasteiger partial charge in [0.15, 0.2) is 5.75 Å². The van der Waals surface area contributed by atoms with Crippen LogP contribution in [0.25, 0.3) is 0 Å². The van der Waals surface area contributed by atoms with Crippen LogP contribution in [-0.4, -0.2) is 61.0 Å². The number of carbonyl (C=O) groups is 2. The van der Waals surface area contributed by atoms with Gasteiger partial charge in [0.2, 0.25) is 6.41 Å². The number of aldehydes is 1. The summed E-state index contributed by atoms with van der Waals surface area (Å²) in [5, 5.41) is 8.58. The van der Waals surface area contributed by atoms with Crippen LogP contribution < -0.4 is 4.89 Å². The van der Waals surface area contributed by atoms with Gasteiger partial charge in [0.25, 0.3) is 0 Å². The number of hydrogen-bond donors (Lipinski definition) is 1. The highest BCUT2D eigenvalue weighted by molar-refractivity contribution is 5.48. The molecule has 2 unspecified atom stereocenters. The molecule has 0 bridgehead atoms. The van der Waals surface area contributed by atoms with Crippen LogP contribution in [-0.2, 0) is 16.0 Å². The van der Waals surface area contributed by atoms with Gasteiger partial charge in [0, 0.05) is 32.6 Å². The molecule has 0 aliphatic carbocycles. The first-order valence-electron chi connectivity index (χ1n) is 14.9. The molecule has 0 spiro atoms. The molecule has 1 rings (SSSR count). The monoisotopic (exact) mass is 562 g/mol. The van der Waals surface area contributed by atoms with E-state index in [9.17, 15) is 9.59 Å². The minimum Gasteiger partial charge on any atom is -0.344 e. The Kier molecular flexibility index (Phi) is 31.0. The predicted molar refractivity (Wildman–Crippen MR) is 173 cm³/mol. The van der Waals surface area contributed by atoms with Crippen molar-refractivity contribution in [1.82, 2.24) is 9.80 Å². The summed E-state index contributed by atoms with van der Waals surface area (Å²) in [5.74, 6) is 1.71. The second-order valence-electron chi connectivity index (χ2n) is 11.2. The Morgan fingerprint density at radius 2 is 1.57 bits per heavy atom. The highest BCUT2D eigenvalue weighted by Gasteiger charge is 2.16. The SMILES string of the molecule is C=CC(C)CN(C)CC(CCCc1ccc(OO)cc1)N(C)C=O.CC(C)C.CCC=C(C)C.CCCCC=O. The summed E-state index contributed by atoms with van der Waals surface area (Å²) < 4.78 is 0. The van der Waals surface area contributed by atoms with Gasteiger partial charge >= 0.3 is 0 Å². The summed E-state index contributed by atoms with van der Waals surface area (Å²) in [6.45, 7) is 22.7. The Balaban J connectivity index is -0.000000695. The molecule has 40 heavy (non-hydrogen) atoms. The van der Waals surface area contributed by atoms with Gasteiger partial charge < -0.3 is 19.5 Å². The van der Waals surface area contributed by atoms with E-state index in [1.54, 1.807) is 17.0 Å². The maximum Gasteiger partial charge on any atom is 0.209 e. The van der Waals surface area contributed by atoms with Crippen LogP contribution in [0, 0.1) is 11.8 Å². The molecule has 0 aromatic heterocycles. The lowest BCUT2D eigenvalue weighted by Crippen LogP contribution is -2.41. The number of unbranched alkanes of at least 4 members (excludes halogenated alkanes) is 2. The molecule has 1 aromatic rings. The number of likely N-dealkylation sites (N-methyl/N-ethyl adjacent to an activating group) is 2. The summed E-state index contributed by atoms with van der Waals surface area (Å²) in [6, 6.07) is 7.58. The smallest absolute Gasteiger partial charge is 0.209 e. The zero-order valence-corrected chi connectivity index (χ0v) is 27.5. The first-order chi connectivity index (χ1) is 18.9. The second-order valence-corrected chi connectivity index (χ2v) is 11.2. The molecule has 1 aromatic carbocycles. The molecular weight excluding hydrogens is 500 g/mol. The number of rotatable bonds is 16. The molecular formula is C34H62N2O4. The zero-order chi connectivity index (χ0) is 31.3. The van der Waals surface area contributed by atoms with E-state index in [4.69, 9.17) is 5.26 Å². The van der Waals surface area contributed by atoms with Crippen molar-refractivity contribution >= 4 is 12.7 Å². The van der Waals surface area contributed by atoms with Gasteiger partial charge in [-0.25, -0.2) is 5.26 Å². The number of amides is 1. The van der Waals surface area contributed by atoms with Crippen molar-refractivity contribution < 1.29 is 19.7 Å². The van der Waals surface area contributed by atoms with Crippen molar-refractivity contribution in [2.45, 2.75) is 106 Å². The summed E-state index contributed by atoms with van der Waals surface area (Å²) in [6.07, 6.45) is 13.0. The van der Waals surface area contributed by atoms with E-state index in [0.29, 0.717) is 11.7 Å². The summed E-state index contributed by atoms with van der Waals surface area (Å²) >= 11 is 0. The van der Waals surface area contributed by atoms with Gasteiger partial charge in [0.05, 0.1) is 0 Å². The van der Waals surface area contributed by atoms with E-state index in [2.05, 4.69) is 84.9 Å². The molecule has 232 valence electrons. The number of hydrogen-bond acceptors (Lipinski definition) is 5. The van der Waals surface area contributed by atoms with Crippen molar-refractivity contribution in [3.05, 3.63) is 54.1 Å². The third-order valence-electron chi connectivity index (χ3n) is 5.59. The molecule has 0 fully saturated rings. The molecule has 1 N–H and O–H groups in total. The Bertz CT molecular complexity index is 740.